The topological polar surface area (TPSA) is 49.4 Å². The largest absolute Gasteiger partial charge is 0.301 e. The maximum atomic E-state index is 12.2. The Labute approximate surface area is 123 Å². The quantitative estimate of drug-likeness (QED) is 0.926. The van der Waals surface area contributed by atoms with Crippen LogP contribution in [-0.4, -0.2) is 38.5 Å². The Morgan fingerprint density at radius 2 is 2.00 bits per heavy atom. The highest BCUT2D eigenvalue weighted by Crippen LogP contribution is 2.26. The second-order valence-electron chi connectivity index (χ2n) is 5.08. The number of piperidine rings is 1. The first kappa shape index (κ1) is 15.3. The number of sulfonamides is 1. The van der Waals surface area contributed by atoms with E-state index in [-0.39, 0.29) is 6.04 Å². The number of thiophene rings is 1. The molecule has 1 aliphatic heterocycles. The fraction of sp³-hybridized carbons (Fsp3) is 0.667. The Balaban J connectivity index is 1.95. The minimum atomic E-state index is -3.41. The summed E-state index contributed by atoms with van der Waals surface area (Å²) in [7, 11) is -3.41. The molecule has 1 aromatic rings. The smallest absolute Gasteiger partial charge is 0.250 e. The molecular weight excluding hydrogens is 304 g/mol. The zero-order valence-electron chi connectivity index (χ0n) is 11.1. The van der Waals surface area contributed by atoms with Crippen molar-refractivity contribution in [3.63, 3.8) is 0 Å². The van der Waals surface area contributed by atoms with Crippen LogP contribution in [0.25, 0.3) is 0 Å². The van der Waals surface area contributed by atoms with Crippen LogP contribution in [0.4, 0.5) is 0 Å². The molecule has 108 valence electrons. The molecule has 0 saturated carbocycles. The lowest BCUT2D eigenvalue weighted by molar-refractivity contribution is 0.168. The van der Waals surface area contributed by atoms with E-state index in [9.17, 15) is 8.42 Å². The minimum absolute atomic E-state index is 0.0286. The molecule has 7 heteroatoms. The van der Waals surface area contributed by atoms with Crippen molar-refractivity contribution in [3.8, 4) is 0 Å². The second-order valence-corrected chi connectivity index (χ2v) is 8.74. The summed E-state index contributed by atoms with van der Waals surface area (Å²) < 4.78 is 27.9. The first-order chi connectivity index (χ1) is 8.88. The fourth-order valence-electron chi connectivity index (χ4n) is 2.25. The van der Waals surface area contributed by atoms with Gasteiger partial charge in [-0.3, -0.25) is 0 Å². The second kappa shape index (κ2) is 6.10. The van der Waals surface area contributed by atoms with E-state index in [0.29, 0.717) is 14.6 Å². The van der Waals surface area contributed by atoms with Gasteiger partial charge in [-0.05, 0) is 51.9 Å². The van der Waals surface area contributed by atoms with Crippen molar-refractivity contribution in [1.82, 2.24) is 9.62 Å². The number of hydrogen-bond acceptors (Lipinski definition) is 4. The maximum Gasteiger partial charge on any atom is 0.250 e. The van der Waals surface area contributed by atoms with Gasteiger partial charge in [-0.1, -0.05) is 11.6 Å². The number of hydrogen-bond donors (Lipinski definition) is 1. The molecule has 19 heavy (non-hydrogen) atoms. The Morgan fingerprint density at radius 1 is 1.37 bits per heavy atom. The summed E-state index contributed by atoms with van der Waals surface area (Å²) in [5.74, 6) is 0. The van der Waals surface area contributed by atoms with Gasteiger partial charge in [0.25, 0.3) is 0 Å². The van der Waals surface area contributed by atoms with Gasteiger partial charge in [0.15, 0.2) is 0 Å². The lowest BCUT2D eigenvalue weighted by Crippen LogP contribution is -2.46. The van der Waals surface area contributed by atoms with Crippen molar-refractivity contribution < 1.29 is 8.42 Å². The van der Waals surface area contributed by atoms with Crippen LogP contribution in [0.1, 0.15) is 26.7 Å². The molecule has 1 aliphatic rings. The summed E-state index contributed by atoms with van der Waals surface area (Å²) in [4.78, 5) is 2.37. The summed E-state index contributed by atoms with van der Waals surface area (Å²) >= 11 is 6.88. The van der Waals surface area contributed by atoms with Crippen molar-refractivity contribution in [3.05, 3.63) is 16.5 Å². The van der Waals surface area contributed by atoms with Gasteiger partial charge >= 0.3 is 0 Å². The van der Waals surface area contributed by atoms with Gasteiger partial charge in [-0.25, -0.2) is 13.1 Å². The van der Waals surface area contributed by atoms with Crippen LogP contribution >= 0.6 is 22.9 Å². The van der Waals surface area contributed by atoms with Gasteiger partial charge in [-0.2, -0.15) is 0 Å². The lowest BCUT2D eigenvalue weighted by Gasteiger charge is -2.34. The van der Waals surface area contributed by atoms with E-state index >= 15 is 0 Å². The van der Waals surface area contributed by atoms with Crippen LogP contribution < -0.4 is 4.72 Å². The Kier molecular flexibility index (Phi) is 4.89. The van der Waals surface area contributed by atoms with Crippen LogP contribution in [0, 0.1) is 0 Å². The number of halogens is 1. The highest BCUT2D eigenvalue weighted by Gasteiger charge is 2.26. The summed E-state index contributed by atoms with van der Waals surface area (Å²) in [5.41, 5.74) is 0. The SMILES string of the molecule is CC(C)N1CCC(NS(=O)(=O)c2ccc(Cl)s2)CC1. The van der Waals surface area contributed by atoms with Gasteiger partial charge in [0.05, 0.1) is 4.34 Å². The molecule has 4 nitrogen and oxygen atoms in total. The number of rotatable bonds is 4. The molecule has 0 bridgehead atoms. The molecule has 0 aliphatic carbocycles. The molecular formula is C12H19ClN2O2S2. The van der Waals surface area contributed by atoms with E-state index < -0.39 is 10.0 Å². The molecule has 1 N–H and O–H groups in total. The summed E-state index contributed by atoms with van der Waals surface area (Å²) in [6, 6.07) is 3.72. The molecule has 0 radical (unpaired) electrons. The Hall–Kier alpha value is -0.140. The van der Waals surface area contributed by atoms with E-state index in [1.807, 2.05) is 0 Å². The van der Waals surface area contributed by atoms with Crippen LogP contribution in [0.5, 0.6) is 0 Å². The van der Waals surface area contributed by atoms with E-state index in [2.05, 4.69) is 23.5 Å². The highest BCUT2D eigenvalue weighted by atomic mass is 35.5. The monoisotopic (exact) mass is 322 g/mol. The normalized spacial score (nSPS) is 19.2. The van der Waals surface area contributed by atoms with Gasteiger partial charge in [0.1, 0.15) is 4.21 Å². The van der Waals surface area contributed by atoms with Crippen LogP contribution in [0.15, 0.2) is 16.3 Å². The minimum Gasteiger partial charge on any atom is -0.301 e. The number of likely N-dealkylation sites (tertiary alicyclic amines) is 1. The van der Waals surface area contributed by atoms with Crippen LogP contribution in [-0.2, 0) is 10.0 Å². The molecule has 0 spiro atoms. The average Bonchev–Trinajstić information content (AvgIpc) is 2.77. The highest BCUT2D eigenvalue weighted by molar-refractivity contribution is 7.91. The van der Waals surface area contributed by atoms with Crippen molar-refractivity contribution in [2.75, 3.05) is 13.1 Å². The van der Waals surface area contributed by atoms with Gasteiger partial charge in [0.2, 0.25) is 10.0 Å². The molecule has 1 fully saturated rings. The van der Waals surface area contributed by atoms with Crippen LogP contribution in [0.3, 0.4) is 0 Å². The van der Waals surface area contributed by atoms with E-state index in [1.165, 1.54) is 0 Å². The molecule has 0 amide bonds. The molecule has 0 unspecified atom stereocenters. The van der Waals surface area contributed by atoms with Crippen molar-refractivity contribution >= 4 is 33.0 Å². The number of nitrogens with zero attached hydrogens (tertiary/aromatic N) is 1. The van der Waals surface area contributed by atoms with E-state index in [0.717, 1.165) is 37.3 Å². The molecule has 0 aromatic carbocycles. The lowest BCUT2D eigenvalue weighted by atomic mass is 10.1. The summed E-state index contributed by atoms with van der Waals surface area (Å²) in [6.07, 6.45) is 1.72. The third-order valence-corrected chi connectivity index (χ3v) is 6.64. The first-order valence-corrected chi connectivity index (χ1v) is 9.08. The zero-order chi connectivity index (χ0) is 14.0. The van der Waals surface area contributed by atoms with Crippen molar-refractivity contribution in [2.24, 2.45) is 0 Å². The Bertz CT molecular complexity index is 520. The Morgan fingerprint density at radius 3 is 2.47 bits per heavy atom. The zero-order valence-corrected chi connectivity index (χ0v) is 13.5. The fourth-order valence-corrected chi connectivity index (χ4v) is 5.06. The van der Waals surface area contributed by atoms with Crippen LogP contribution in [0.2, 0.25) is 4.34 Å². The maximum absolute atomic E-state index is 12.2. The predicted octanol–water partition coefficient (Wildman–Crippen LogP) is 2.55. The van der Waals surface area contributed by atoms with Gasteiger partial charge < -0.3 is 4.90 Å². The summed E-state index contributed by atoms with van der Waals surface area (Å²) in [5, 5.41) is 0. The number of nitrogens with one attached hydrogen (secondary N) is 1. The third-order valence-electron chi connectivity index (χ3n) is 3.40. The van der Waals surface area contributed by atoms with E-state index in [4.69, 9.17) is 11.6 Å². The molecule has 2 heterocycles. The molecule has 1 aromatic heterocycles. The molecule has 0 atom stereocenters. The van der Waals surface area contributed by atoms with Gasteiger partial charge in [-0.15, -0.1) is 11.3 Å². The van der Waals surface area contributed by atoms with E-state index in [1.54, 1.807) is 12.1 Å². The molecule has 1 saturated heterocycles. The third kappa shape index (κ3) is 3.92. The van der Waals surface area contributed by atoms with Crippen molar-refractivity contribution in [2.45, 2.75) is 43.0 Å². The predicted molar refractivity (Wildman–Crippen MR) is 79.4 cm³/mol. The standard InChI is InChI=1S/C12H19ClN2O2S2/c1-9(2)15-7-5-10(6-8-15)14-19(16,17)12-4-3-11(13)18-12/h3-4,9-10,14H,5-8H2,1-2H3. The average molecular weight is 323 g/mol. The first-order valence-electron chi connectivity index (χ1n) is 6.40. The van der Waals surface area contributed by atoms with Crippen molar-refractivity contribution in [1.29, 1.82) is 0 Å². The van der Waals surface area contributed by atoms with Gasteiger partial charge in [0, 0.05) is 12.1 Å². The molecule has 2 rings (SSSR count). The summed E-state index contributed by atoms with van der Waals surface area (Å²) in [6.45, 7) is 6.21.